The van der Waals surface area contributed by atoms with Crippen molar-refractivity contribution in [2.45, 2.75) is 5.88 Å². The standard InChI is InChI=1S/C8H9ClO3/c1-12-8-5(4-9)2-3-6(10)7(8)11/h2-3,10-11H,4H2,1H3. The minimum Gasteiger partial charge on any atom is -0.504 e. The summed E-state index contributed by atoms with van der Waals surface area (Å²) in [6, 6.07) is 2.97. The molecule has 0 aromatic heterocycles. The second kappa shape index (κ2) is 3.54. The number of hydrogen-bond donors (Lipinski definition) is 2. The molecule has 3 nitrogen and oxygen atoms in total. The lowest BCUT2D eigenvalue weighted by atomic mass is 10.2. The highest BCUT2D eigenvalue weighted by molar-refractivity contribution is 6.17. The summed E-state index contributed by atoms with van der Waals surface area (Å²) in [5.74, 6) is -0.0156. The fourth-order valence-electron chi connectivity index (χ4n) is 0.936. The van der Waals surface area contributed by atoms with Crippen LogP contribution in [0, 0.1) is 0 Å². The van der Waals surface area contributed by atoms with Crippen LogP contribution < -0.4 is 4.74 Å². The van der Waals surface area contributed by atoms with Gasteiger partial charge < -0.3 is 14.9 Å². The average Bonchev–Trinajstić information content (AvgIpc) is 2.09. The first kappa shape index (κ1) is 9.00. The van der Waals surface area contributed by atoms with Crippen molar-refractivity contribution in [3.8, 4) is 17.2 Å². The number of ether oxygens (including phenoxy) is 1. The van der Waals surface area contributed by atoms with Crippen LogP contribution in [0.25, 0.3) is 0 Å². The maximum absolute atomic E-state index is 9.28. The minimum absolute atomic E-state index is 0.208. The van der Waals surface area contributed by atoms with E-state index in [1.807, 2.05) is 0 Å². The number of alkyl halides is 1. The highest BCUT2D eigenvalue weighted by atomic mass is 35.5. The van der Waals surface area contributed by atoms with Gasteiger partial charge in [-0.1, -0.05) is 6.07 Å². The van der Waals surface area contributed by atoms with Crippen molar-refractivity contribution in [1.29, 1.82) is 0 Å². The van der Waals surface area contributed by atoms with E-state index < -0.39 is 0 Å². The van der Waals surface area contributed by atoms with Gasteiger partial charge in [0.25, 0.3) is 0 Å². The van der Waals surface area contributed by atoms with Crippen molar-refractivity contribution in [3.05, 3.63) is 17.7 Å². The Kier molecular flexibility index (Phi) is 2.65. The molecule has 0 aliphatic heterocycles. The molecule has 0 amide bonds. The van der Waals surface area contributed by atoms with Crippen LogP contribution in [-0.4, -0.2) is 17.3 Å². The molecule has 0 radical (unpaired) electrons. The van der Waals surface area contributed by atoms with E-state index in [4.69, 9.17) is 21.4 Å². The van der Waals surface area contributed by atoms with E-state index in [-0.39, 0.29) is 23.1 Å². The van der Waals surface area contributed by atoms with Crippen LogP contribution in [-0.2, 0) is 5.88 Å². The first-order valence-electron chi connectivity index (χ1n) is 3.34. The van der Waals surface area contributed by atoms with E-state index in [0.717, 1.165) is 0 Å². The summed E-state index contributed by atoms with van der Waals surface area (Å²) >= 11 is 5.56. The number of aromatic hydroxyl groups is 2. The maximum Gasteiger partial charge on any atom is 0.200 e. The first-order valence-corrected chi connectivity index (χ1v) is 3.88. The van der Waals surface area contributed by atoms with Gasteiger partial charge in [0, 0.05) is 5.56 Å². The summed E-state index contributed by atoms with van der Waals surface area (Å²) in [5.41, 5.74) is 0.648. The van der Waals surface area contributed by atoms with Crippen molar-refractivity contribution in [2.24, 2.45) is 0 Å². The van der Waals surface area contributed by atoms with Crippen LogP contribution in [0.4, 0.5) is 0 Å². The SMILES string of the molecule is COc1c(CCl)ccc(O)c1O. The van der Waals surface area contributed by atoms with E-state index in [1.165, 1.54) is 13.2 Å². The summed E-state index contributed by atoms with van der Waals surface area (Å²) in [6.45, 7) is 0. The Hall–Kier alpha value is -1.09. The predicted octanol–water partition coefficient (Wildman–Crippen LogP) is 1.85. The Morgan fingerprint density at radius 1 is 1.42 bits per heavy atom. The third-order valence-corrected chi connectivity index (χ3v) is 1.83. The highest BCUT2D eigenvalue weighted by Gasteiger charge is 2.11. The summed E-state index contributed by atoms with van der Waals surface area (Å²) in [5, 5.41) is 18.4. The van der Waals surface area contributed by atoms with Gasteiger partial charge in [0.1, 0.15) is 0 Å². The average molecular weight is 189 g/mol. The van der Waals surface area contributed by atoms with Crippen molar-refractivity contribution in [3.63, 3.8) is 0 Å². The quantitative estimate of drug-likeness (QED) is 0.550. The number of benzene rings is 1. The van der Waals surface area contributed by atoms with Crippen LogP contribution in [0.15, 0.2) is 12.1 Å². The van der Waals surface area contributed by atoms with Crippen LogP contribution in [0.1, 0.15) is 5.56 Å². The van der Waals surface area contributed by atoms with Gasteiger partial charge in [0.05, 0.1) is 13.0 Å². The third-order valence-electron chi connectivity index (χ3n) is 1.54. The Morgan fingerprint density at radius 3 is 2.58 bits per heavy atom. The van der Waals surface area contributed by atoms with Gasteiger partial charge in [-0.2, -0.15) is 0 Å². The monoisotopic (exact) mass is 188 g/mol. The van der Waals surface area contributed by atoms with Crippen molar-refractivity contribution in [2.75, 3.05) is 7.11 Å². The van der Waals surface area contributed by atoms with Crippen molar-refractivity contribution in [1.82, 2.24) is 0 Å². The number of methoxy groups -OCH3 is 1. The smallest absolute Gasteiger partial charge is 0.200 e. The topological polar surface area (TPSA) is 49.7 Å². The Morgan fingerprint density at radius 2 is 2.08 bits per heavy atom. The molecule has 66 valence electrons. The molecular formula is C8H9ClO3. The van der Waals surface area contributed by atoms with Crippen LogP contribution in [0.5, 0.6) is 17.2 Å². The van der Waals surface area contributed by atoms with Gasteiger partial charge >= 0.3 is 0 Å². The second-order valence-electron chi connectivity index (χ2n) is 2.26. The van der Waals surface area contributed by atoms with E-state index in [9.17, 15) is 5.11 Å². The van der Waals surface area contributed by atoms with Crippen molar-refractivity contribution >= 4 is 11.6 Å². The van der Waals surface area contributed by atoms with E-state index in [0.29, 0.717) is 5.56 Å². The summed E-state index contributed by atoms with van der Waals surface area (Å²) in [6.07, 6.45) is 0. The second-order valence-corrected chi connectivity index (χ2v) is 2.53. The fourth-order valence-corrected chi connectivity index (χ4v) is 1.15. The van der Waals surface area contributed by atoms with E-state index in [1.54, 1.807) is 6.07 Å². The molecule has 0 atom stereocenters. The number of rotatable bonds is 2. The Balaban J connectivity index is 3.25. The fraction of sp³-hybridized carbons (Fsp3) is 0.250. The lowest BCUT2D eigenvalue weighted by molar-refractivity contribution is 0.348. The molecule has 1 rings (SSSR count). The van der Waals surface area contributed by atoms with Gasteiger partial charge in [0.15, 0.2) is 11.5 Å². The molecule has 0 aliphatic carbocycles. The molecule has 12 heavy (non-hydrogen) atoms. The number of phenols is 2. The molecule has 1 aromatic rings. The van der Waals surface area contributed by atoms with Gasteiger partial charge in [-0.05, 0) is 6.07 Å². The van der Waals surface area contributed by atoms with E-state index in [2.05, 4.69) is 0 Å². The van der Waals surface area contributed by atoms with Crippen LogP contribution >= 0.6 is 11.6 Å². The number of hydrogen-bond acceptors (Lipinski definition) is 3. The zero-order valence-electron chi connectivity index (χ0n) is 6.54. The van der Waals surface area contributed by atoms with Gasteiger partial charge in [-0.25, -0.2) is 0 Å². The Bertz CT molecular complexity index is 286. The lowest BCUT2D eigenvalue weighted by Gasteiger charge is -2.08. The minimum atomic E-state index is -0.268. The molecule has 0 fully saturated rings. The summed E-state index contributed by atoms with van der Waals surface area (Å²) < 4.78 is 4.85. The first-order chi connectivity index (χ1) is 5.70. The summed E-state index contributed by atoms with van der Waals surface area (Å²) in [4.78, 5) is 0. The predicted molar refractivity (Wildman–Crippen MR) is 45.9 cm³/mol. The molecule has 0 saturated carbocycles. The maximum atomic E-state index is 9.28. The van der Waals surface area contributed by atoms with Crippen LogP contribution in [0.3, 0.4) is 0 Å². The molecule has 0 saturated heterocycles. The Labute approximate surface area is 75.2 Å². The largest absolute Gasteiger partial charge is 0.504 e. The molecule has 1 aromatic carbocycles. The van der Waals surface area contributed by atoms with Gasteiger partial charge in [0.2, 0.25) is 5.75 Å². The highest BCUT2D eigenvalue weighted by Crippen LogP contribution is 2.38. The third kappa shape index (κ3) is 1.41. The van der Waals surface area contributed by atoms with Gasteiger partial charge in [-0.3, -0.25) is 0 Å². The molecule has 0 aliphatic rings. The molecule has 0 heterocycles. The zero-order chi connectivity index (χ0) is 9.14. The summed E-state index contributed by atoms with van der Waals surface area (Å²) in [7, 11) is 1.41. The molecular weight excluding hydrogens is 180 g/mol. The molecule has 0 spiro atoms. The number of halogens is 1. The van der Waals surface area contributed by atoms with Crippen LogP contribution in [0.2, 0.25) is 0 Å². The molecule has 2 N–H and O–H groups in total. The van der Waals surface area contributed by atoms with E-state index >= 15 is 0 Å². The molecule has 0 bridgehead atoms. The van der Waals surface area contributed by atoms with Crippen molar-refractivity contribution < 1.29 is 14.9 Å². The number of phenolic OH excluding ortho intramolecular Hbond substituents is 2. The molecule has 0 unspecified atom stereocenters. The van der Waals surface area contributed by atoms with Gasteiger partial charge in [-0.15, -0.1) is 11.6 Å². The molecule has 4 heteroatoms. The lowest BCUT2D eigenvalue weighted by Crippen LogP contribution is -1.89. The zero-order valence-corrected chi connectivity index (χ0v) is 7.30. The normalized spacial score (nSPS) is 9.83.